The molecule has 0 aliphatic rings. The van der Waals surface area contributed by atoms with E-state index in [0.29, 0.717) is 5.56 Å². The molecular weight excluding hydrogens is 260 g/mol. The highest BCUT2D eigenvalue weighted by molar-refractivity contribution is 9.10. The van der Waals surface area contributed by atoms with E-state index in [1.807, 2.05) is 25.1 Å². The maximum atomic E-state index is 11.0. The lowest BCUT2D eigenvalue weighted by atomic mass is 10.0. The predicted octanol–water partition coefficient (Wildman–Crippen LogP) is 2.35. The molecule has 15 heavy (non-hydrogen) atoms. The van der Waals surface area contributed by atoms with Crippen LogP contribution >= 0.6 is 15.9 Å². The van der Waals surface area contributed by atoms with Crippen LogP contribution in [0.4, 0.5) is 0 Å². The topological polar surface area (TPSA) is 46.5 Å². The number of ether oxygens (including phenoxy) is 1. The summed E-state index contributed by atoms with van der Waals surface area (Å²) in [6.07, 6.45) is -0.856. The Bertz CT molecular complexity index is 363. The van der Waals surface area contributed by atoms with Gasteiger partial charge in [0.05, 0.1) is 19.6 Å². The van der Waals surface area contributed by atoms with Gasteiger partial charge >= 0.3 is 5.97 Å². The molecule has 3 nitrogen and oxygen atoms in total. The first kappa shape index (κ1) is 12.2. The minimum Gasteiger partial charge on any atom is -0.469 e. The highest BCUT2D eigenvalue weighted by Crippen LogP contribution is 2.26. The predicted molar refractivity (Wildman–Crippen MR) is 60.5 cm³/mol. The number of carbonyl (C=O) groups is 1. The third-order valence-corrected chi connectivity index (χ3v) is 2.82. The number of aliphatic hydroxyl groups is 1. The van der Waals surface area contributed by atoms with Gasteiger partial charge in [-0.2, -0.15) is 0 Å². The van der Waals surface area contributed by atoms with Gasteiger partial charge in [0.2, 0.25) is 0 Å². The molecular formula is C11H13BrO3. The van der Waals surface area contributed by atoms with Crippen LogP contribution in [0.5, 0.6) is 0 Å². The number of aliphatic hydroxyl groups excluding tert-OH is 1. The SMILES string of the molecule is COC(=O)C[C@H](O)c1cc(C)ccc1Br. The van der Waals surface area contributed by atoms with E-state index in [1.165, 1.54) is 7.11 Å². The van der Waals surface area contributed by atoms with E-state index in [0.717, 1.165) is 10.0 Å². The number of hydrogen-bond acceptors (Lipinski definition) is 3. The van der Waals surface area contributed by atoms with Crippen LogP contribution in [0.1, 0.15) is 23.7 Å². The van der Waals surface area contributed by atoms with Crippen LogP contribution in [0.15, 0.2) is 22.7 Å². The van der Waals surface area contributed by atoms with E-state index in [9.17, 15) is 9.90 Å². The zero-order chi connectivity index (χ0) is 11.4. The Kier molecular flexibility index (Phi) is 4.29. The summed E-state index contributed by atoms with van der Waals surface area (Å²) >= 11 is 3.33. The first-order valence-electron chi connectivity index (χ1n) is 4.55. The van der Waals surface area contributed by atoms with E-state index in [2.05, 4.69) is 20.7 Å². The molecule has 1 atom stereocenters. The zero-order valence-corrected chi connectivity index (χ0v) is 10.2. The summed E-state index contributed by atoms with van der Waals surface area (Å²) in [7, 11) is 1.31. The molecule has 0 saturated heterocycles. The molecule has 0 unspecified atom stereocenters. The fourth-order valence-electron chi connectivity index (χ4n) is 1.27. The second-order valence-electron chi connectivity index (χ2n) is 3.32. The van der Waals surface area contributed by atoms with Gasteiger partial charge in [-0.1, -0.05) is 33.6 Å². The summed E-state index contributed by atoms with van der Waals surface area (Å²) in [6, 6.07) is 5.63. The van der Waals surface area contributed by atoms with E-state index in [4.69, 9.17) is 0 Å². The quantitative estimate of drug-likeness (QED) is 0.860. The molecule has 1 rings (SSSR count). The van der Waals surface area contributed by atoms with Gasteiger partial charge in [-0.25, -0.2) is 0 Å². The molecule has 0 aliphatic heterocycles. The van der Waals surface area contributed by atoms with Crippen molar-refractivity contribution in [3.63, 3.8) is 0 Å². The van der Waals surface area contributed by atoms with Crippen molar-refractivity contribution < 1.29 is 14.6 Å². The Morgan fingerprint density at radius 2 is 2.27 bits per heavy atom. The fourth-order valence-corrected chi connectivity index (χ4v) is 1.78. The van der Waals surface area contributed by atoms with Crippen LogP contribution in [-0.4, -0.2) is 18.2 Å². The summed E-state index contributed by atoms with van der Waals surface area (Å²) in [5, 5.41) is 9.80. The average Bonchev–Trinajstić information content (AvgIpc) is 2.21. The zero-order valence-electron chi connectivity index (χ0n) is 8.66. The van der Waals surface area contributed by atoms with Gasteiger partial charge in [-0.15, -0.1) is 0 Å². The second-order valence-corrected chi connectivity index (χ2v) is 4.18. The molecule has 0 radical (unpaired) electrons. The lowest BCUT2D eigenvalue weighted by molar-refractivity contribution is -0.142. The van der Waals surface area contributed by atoms with Gasteiger partial charge in [0.25, 0.3) is 0 Å². The summed E-state index contributed by atoms with van der Waals surface area (Å²) in [6.45, 7) is 1.93. The maximum Gasteiger partial charge on any atom is 0.308 e. The Morgan fingerprint density at radius 1 is 1.60 bits per heavy atom. The average molecular weight is 273 g/mol. The van der Waals surface area contributed by atoms with Crippen molar-refractivity contribution in [1.29, 1.82) is 0 Å². The first-order chi connectivity index (χ1) is 7.04. The van der Waals surface area contributed by atoms with Crippen LogP contribution in [0.3, 0.4) is 0 Å². The first-order valence-corrected chi connectivity index (χ1v) is 5.35. The summed E-state index contributed by atoms with van der Waals surface area (Å²) in [5.74, 6) is -0.420. The van der Waals surface area contributed by atoms with E-state index in [-0.39, 0.29) is 6.42 Å². The largest absolute Gasteiger partial charge is 0.469 e. The number of aryl methyl sites for hydroxylation is 1. The van der Waals surface area contributed by atoms with Gasteiger partial charge < -0.3 is 9.84 Å². The highest BCUT2D eigenvalue weighted by Gasteiger charge is 2.15. The van der Waals surface area contributed by atoms with E-state index >= 15 is 0 Å². The van der Waals surface area contributed by atoms with Crippen LogP contribution in [-0.2, 0) is 9.53 Å². The minimum atomic E-state index is -0.827. The van der Waals surface area contributed by atoms with Crippen molar-refractivity contribution in [2.75, 3.05) is 7.11 Å². The van der Waals surface area contributed by atoms with Gasteiger partial charge in [0.15, 0.2) is 0 Å². The monoisotopic (exact) mass is 272 g/mol. The smallest absolute Gasteiger partial charge is 0.308 e. The lowest BCUT2D eigenvalue weighted by Gasteiger charge is -2.12. The van der Waals surface area contributed by atoms with Crippen LogP contribution in [0.25, 0.3) is 0 Å². The summed E-state index contributed by atoms with van der Waals surface area (Å²) < 4.78 is 5.29. The number of rotatable bonds is 3. The summed E-state index contributed by atoms with van der Waals surface area (Å²) in [5.41, 5.74) is 1.75. The van der Waals surface area contributed by atoms with Gasteiger partial charge in [0, 0.05) is 4.47 Å². The molecule has 0 saturated carbocycles. The molecule has 0 fully saturated rings. The number of methoxy groups -OCH3 is 1. The van der Waals surface area contributed by atoms with Crippen molar-refractivity contribution in [2.24, 2.45) is 0 Å². The van der Waals surface area contributed by atoms with Crippen molar-refractivity contribution in [1.82, 2.24) is 0 Å². The van der Waals surface area contributed by atoms with Crippen molar-refractivity contribution in [3.8, 4) is 0 Å². The van der Waals surface area contributed by atoms with Gasteiger partial charge in [-0.05, 0) is 18.6 Å². The third-order valence-electron chi connectivity index (χ3n) is 2.10. The van der Waals surface area contributed by atoms with Crippen molar-refractivity contribution in [3.05, 3.63) is 33.8 Å². The maximum absolute atomic E-state index is 11.0. The summed E-state index contributed by atoms with van der Waals surface area (Å²) in [4.78, 5) is 11.0. The molecule has 1 aromatic carbocycles. The molecule has 0 aliphatic carbocycles. The number of benzene rings is 1. The molecule has 0 amide bonds. The lowest BCUT2D eigenvalue weighted by Crippen LogP contribution is -2.08. The molecule has 0 heterocycles. The van der Waals surface area contributed by atoms with E-state index < -0.39 is 12.1 Å². The highest BCUT2D eigenvalue weighted by atomic mass is 79.9. The number of halogens is 1. The molecule has 0 bridgehead atoms. The van der Waals surface area contributed by atoms with Crippen molar-refractivity contribution >= 4 is 21.9 Å². The van der Waals surface area contributed by atoms with Crippen molar-refractivity contribution in [2.45, 2.75) is 19.4 Å². The number of hydrogen-bond donors (Lipinski definition) is 1. The molecule has 0 spiro atoms. The number of esters is 1. The number of carbonyl (C=O) groups excluding carboxylic acids is 1. The fraction of sp³-hybridized carbons (Fsp3) is 0.364. The normalized spacial score (nSPS) is 12.3. The van der Waals surface area contributed by atoms with E-state index in [1.54, 1.807) is 0 Å². The molecule has 1 N–H and O–H groups in total. The van der Waals surface area contributed by atoms with Crippen LogP contribution < -0.4 is 0 Å². The molecule has 1 aromatic rings. The molecule has 4 heteroatoms. The molecule has 0 aromatic heterocycles. The van der Waals surface area contributed by atoms with Crippen LogP contribution in [0, 0.1) is 6.92 Å². The molecule has 82 valence electrons. The second kappa shape index (κ2) is 5.28. The standard InChI is InChI=1S/C11H13BrO3/c1-7-3-4-9(12)8(5-7)10(13)6-11(14)15-2/h3-5,10,13H,6H2,1-2H3/t10-/m0/s1. The van der Waals surface area contributed by atoms with Gasteiger partial charge in [-0.3, -0.25) is 4.79 Å². The van der Waals surface area contributed by atoms with Crippen LogP contribution in [0.2, 0.25) is 0 Å². The third kappa shape index (κ3) is 3.32. The Morgan fingerprint density at radius 3 is 2.87 bits per heavy atom. The Labute approximate surface area is 97.2 Å². The minimum absolute atomic E-state index is 0.0292. The van der Waals surface area contributed by atoms with Gasteiger partial charge in [0.1, 0.15) is 0 Å². The Balaban J connectivity index is 2.85. The Hall–Kier alpha value is -0.870.